The van der Waals surface area contributed by atoms with E-state index in [-0.39, 0.29) is 10.3 Å². The topological polar surface area (TPSA) is 61.2 Å². The Morgan fingerprint density at radius 3 is 2.42 bits per heavy atom. The second-order valence-corrected chi connectivity index (χ2v) is 8.58. The minimum absolute atomic E-state index is 0.159. The number of hydrogen-bond donors (Lipinski definition) is 0. The fraction of sp³-hybridized carbons (Fsp3) is 0.500. The van der Waals surface area contributed by atoms with E-state index in [0.717, 1.165) is 5.56 Å². The lowest BCUT2D eigenvalue weighted by Gasteiger charge is -2.21. The number of aryl methyl sites for hydroxylation is 2. The minimum atomic E-state index is -3.77. The quantitative estimate of drug-likeness (QED) is 0.825. The monoisotopic (exact) mass is 350 g/mol. The zero-order valence-electron chi connectivity index (χ0n) is 15.3. The molecule has 2 aromatic rings. The van der Waals surface area contributed by atoms with Gasteiger partial charge in [-0.25, -0.2) is 17.4 Å². The molecule has 0 aliphatic rings. The summed E-state index contributed by atoms with van der Waals surface area (Å²) in [6.45, 7) is 12.1. The zero-order chi connectivity index (χ0) is 18.1. The van der Waals surface area contributed by atoms with Crippen LogP contribution >= 0.6 is 0 Å². The van der Waals surface area contributed by atoms with Gasteiger partial charge in [0.2, 0.25) is 0 Å². The molecular formula is C18H26N2O3S. The highest BCUT2D eigenvalue weighted by Gasteiger charge is 2.27. The van der Waals surface area contributed by atoms with Crippen LogP contribution in [0, 0.1) is 6.92 Å². The molecule has 1 aromatic heterocycles. The van der Waals surface area contributed by atoms with Gasteiger partial charge in [0, 0.05) is 12.6 Å². The van der Waals surface area contributed by atoms with Crippen LogP contribution < -0.4 is 4.74 Å². The molecule has 1 heterocycles. The lowest BCUT2D eigenvalue weighted by molar-refractivity contribution is 0.330. The molecule has 0 bridgehead atoms. The lowest BCUT2D eigenvalue weighted by atomic mass is 9.87. The average molecular weight is 350 g/mol. The highest BCUT2D eigenvalue weighted by molar-refractivity contribution is 7.90. The summed E-state index contributed by atoms with van der Waals surface area (Å²) in [6.07, 6.45) is 2.10. The first-order chi connectivity index (χ1) is 11.1. The third kappa shape index (κ3) is 3.48. The summed E-state index contributed by atoms with van der Waals surface area (Å²) < 4.78 is 33.3. The van der Waals surface area contributed by atoms with Crippen LogP contribution in [0.1, 0.15) is 51.7 Å². The molecular weight excluding hydrogens is 324 g/mol. The Bertz CT molecular complexity index is 830. The van der Waals surface area contributed by atoms with Crippen LogP contribution in [0.2, 0.25) is 0 Å². The Balaban J connectivity index is 2.71. The third-order valence-electron chi connectivity index (χ3n) is 3.83. The van der Waals surface area contributed by atoms with Crippen LogP contribution in [-0.4, -0.2) is 24.0 Å². The van der Waals surface area contributed by atoms with E-state index in [1.54, 1.807) is 25.3 Å². The van der Waals surface area contributed by atoms with Gasteiger partial charge in [-0.3, -0.25) is 0 Å². The van der Waals surface area contributed by atoms with Gasteiger partial charge in [-0.15, -0.1) is 0 Å². The van der Waals surface area contributed by atoms with Crippen LogP contribution in [0.3, 0.4) is 0 Å². The van der Waals surface area contributed by atoms with E-state index in [4.69, 9.17) is 4.74 Å². The summed E-state index contributed by atoms with van der Waals surface area (Å²) in [4.78, 5) is 4.49. The fourth-order valence-electron chi connectivity index (χ4n) is 2.53. The van der Waals surface area contributed by atoms with Crippen molar-refractivity contribution in [3.05, 3.63) is 41.5 Å². The molecule has 0 fully saturated rings. The molecule has 6 heteroatoms. The smallest absolute Gasteiger partial charge is 0.272 e. The first-order valence-corrected chi connectivity index (χ1v) is 9.63. The van der Waals surface area contributed by atoms with Gasteiger partial charge in [0.15, 0.2) is 0 Å². The van der Waals surface area contributed by atoms with E-state index in [1.165, 1.54) is 3.97 Å². The van der Waals surface area contributed by atoms with Crippen LogP contribution in [0.5, 0.6) is 5.75 Å². The van der Waals surface area contributed by atoms with Gasteiger partial charge in [-0.05, 0) is 37.0 Å². The Morgan fingerprint density at radius 2 is 1.88 bits per heavy atom. The second-order valence-electron chi connectivity index (χ2n) is 6.80. The molecule has 0 aliphatic carbocycles. The van der Waals surface area contributed by atoms with Gasteiger partial charge >= 0.3 is 0 Å². The van der Waals surface area contributed by atoms with Crippen molar-refractivity contribution < 1.29 is 13.2 Å². The van der Waals surface area contributed by atoms with Crippen molar-refractivity contribution >= 4 is 10.0 Å². The largest absolute Gasteiger partial charge is 0.492 e. The molecule has 24 heavy (non-hydrogen) atoms. The van der Waals surface area contributed by atoms with E-state index < -0.39 is 10.0 Å². The van der Waals surface area contributed by atoms with Gasteiger partial charge in [0.1, 0.15) is 16.5 Å². The van der Waals surface area contributed by atoms with Crippen molar-refractivity contribution in [1.29, 1.82) is 0 Å². The number of benzene rings is 1. The molecule has 0 spiro atoms. The van der Waals surface area contributed by atoms with Crippen LogP contribution in [0.4, 0.5) is 0 Å². The van der Waals surface area contributed by atoms with Crippen LogP contribution in [0.15, 0.2) is 29.3 Å². The van der Waals surface area contributed by atoms with E-state index in [2.05, 4.69) is 25.8 Å². The van der Waals surface area contributed by atoms with E-state index in [0.29, 0.717) is 30.3 Å². The van der Waals surface area contributed by atoms with Gasteiger partial charge < -0.3 is 4.74 Å². The predicted molar refractivity (Wildman–Crippen MR) is 95.2 cm³/mol. The first kappa shape index (κ1) is 18.5. The van der Waals surface area contributed by atoms with Crippen molar-refractivity contribution in [1.82, 2.24) is 8.96 Å². The van der Waals surface area contributed by atoms with Gasteiger partial charge in [0.05, 0.1) is 12.3 Å². The van der Waals surface area contributed by atoms with Gasteiger partial charge in [-0.2, -0.15) is 0 Å². The van der Waals surface area contributed by atoms with Crippen molar-refractivity contribution in [2.75, 3.05) is 6.61 Å². The number of hydrogen-bond acceptors (Lipinski definition) is 4. The van der Waals surface area contributed by atoms with Crippen molar-refractivity contribution in [2.24, 2.45) is 0 Å². The molecule has 132 valence electrons. The molecule has 0 aliphatic heterocycles. The second kappa shape index (κ2) is 6.59. The maximum atomic E-state index is 13.2. The molecule has 0 N–H and O–H groups in total. The SMILES string of the molecule is CCOc1ccc(C(C)(C)C)cc1S(=O)(=O)n1cc(C)nc1CC. The normalized spacial score (nSPS) is 12.4. The average Bonchev–Trinajstić information content (AvgIpc) is 2.88. The highest BCUT2D eigenvalue weighted by atomic mass is 32.2. The van der Waals surface area contributed by atoms with Crippen LogP contribution in [-0.2, 0) is 21.9 Å². The number of imidazole rings is 1. The minimum Gasteiger partial charge on any atom is -0.492 e. The van der Waals surface area contributed by atoms with E-state index >= 15 is 0 Å². The third-order valence-corrected chi connectivity index (χ3v) is 5.54. The number of nitrogens with zero attached hydrogens (tertiary/aromatic N) is 2. The summed E-state index contributed by atoms with van der Waals surface area (Å²) in [6, 6.07) is 5.38. The van der Waals surface area contributed by atoms with Gasteiger partial charge in [-0.1, -0.05) is 33.8 Å². The zero-order valence-corrected chi connectivity index (χ0v) is 16.1. The molecule has 2 rings (SSSR count). The Labute approximate surface area is 144 Å². The van der Waals surface area contributed by atoms with Crippen molar-refractivity contribution in [3.8, 4) is 5.75 Å². The number of rotatable bonds is 5. The Kier molecular flexibility index (Phi) is 5.08. The van der Waals surface area contributed by atoms with Crippen molar-refractivity contribution in [3.63, 3.8) is 0 Å². The lowest BCUT2D eigenvalue weighted by Crippen LogP contribution is -2.18. The number of ether oxygens (including phenoxy) is 1. The Morgan fingerprint density at radius 1 is 1.21 bits per heavy atom. The first-order valence-electron chi connectivity index (χ1n) is 8.19. The summed E-state index contributed by atoms with van der Waals surface area (Å²) in [5.41, 5.74) is 1.47. The summed E-state index contributed by atoms with van der Waals surface area (Å²) in [7, 11) is -3.77. The van der Waals surface area contributed by atoms with Crippen LogP contribution in [0.25, 0.3) is 0 Å². The maximum absolute atomic E-state index is 13.2. The molecule has 0 saturated heterocycles. The highest BCUT2D eigenvalue weighted by Crippen LogP contribution is 2.32. The molecule has 0 saturated carbocycles. The maximum Gasteiger partial charge on any atom is 0.272 e. The van der Waals surface area contributed by atoms with E-state index in [1.807, 2.05) is 19.9 Å². The summed E-state index contributed by atoms with van der Waals surface area (Å²) in [5.74, 6) is 0.898. The predicted octanol–water partition coefficient (Wildman–Crippen LogP) is 3.69. The number of aromatic nitrogens is 2. The standard InChI is InChI=1S/C18H26N2O3S/c1-7-17-19-13(3)12-20(17)24(21,22)16-11-14(18(4,5)6)9-10-15(16)23-8-2/h9-12H,7-8H2,1-6H3. The molecule has 0 unspecified atom stereocenters. The molecule has 0 radical (unpaired) electrons. The van der Waals surface area contributed by atoms with Crippen molar-refractivity contribution in [2.45, 2.75) is 58.3 Å². The molecule has 1 aromatic carbocycles. The summed E-state index contributed by atoms with van der Waals surface area (Å²) >= 11 is 0. The van der Waals surface area contributed by atoms with Gasteiger partial charge in [0.25, 0.3) is 10.0 Å². The molecule has 0 amide bonds. The summed E-state index contributed by atoms with van der Waals surface area (Å²) in [5, 5.41) is 0. The van der Waals surface area contributed by atoms with E-state index in [9.17, 15) is 8.42 Å². The molecule has 0 atom stereocenters. The Hall–Kier alpha value is -1.82. The fourth-order valence-corrected chi connectivity index (χ4v) is 4.13. The molecule has 5 nitrogen and oxygen atoms in total.